The molecule has 154 valence electrons. The van der Waals surface area contributed by atoms with Gasteiger partial charge in [-0.05, 0) is 61.4 Å². The molecule has 0 radical (unpaired) electrons. The van der Waals surface area contributed by atoms with Crippen LogP contribution < -0.4 is 14.4 Å². The third-order valence-corrected chi connectivity index (χ3v) is 6.81. The summed E-state index contributed by atoms with van der Waals surface area (Å²) >= 11 is 0. The molecular weight excluding hydrogens is 388 g/mol. The van der Waals surface area contributed by atoms with Crippen molar-refractivity contribution in [3.05, 3.63) is 59.2 Å². The molecule has 4 rings (SSSR count). The first-order valence-corrected chi connectivity index (χ1v) is 11.8. The highest BCUT2D eigenvalue weighted by molar-refractivity contribution is 7.92. The maximum Gasteiger partial charge on any atom is 0.263 e. The second-order valence-corrected chi connectivity index (χ2v) is 9.74. The summed E-state index contributed by atoms with van der Waals surface area (Å²) in [5.74, 6) is 0.0733. The average molecular weight is 415 g/mol. The topological polar surface area (TPSA) is 75.7 Å². The van der Waals surface area contributed by atoms with Crippen LogP contribution in [0.15, 0.2) is 42.5 Å². The van der Waals surface area contributed by atoms with E-state index in [2.05, 4.69) is 23.5 Å². The molecule has 1 aliphatic heterocycles. The fourth-order valence-electron chi connectivity index (χ4n) is 4.07. The second kappa shape index (κ2) is 7.71. The Morgan fingerprint density at radius 3 is 2.62 bits per heavy atom. The molecule has 6 nitrogen and oxygen atoms in total. The van der Waals surface area contributed by atoms with Crippen LogP contribution in [0, 0.1) is 0 Å². The summed E-state index contributed by atoms with van der Waals surface area (Å²) in [6.45, 7) is 1.89. The second-order valence-electron chi connectivity index (χ2n) is 7.83. The van der Waals surface area contributed by atoms with Gasteiger partial charge < -0.3 is 10.1 Å². The molecule has 0 saturated heterocycles. The molecular formula is C22H26N2O4S. The molecule has 2 aromatic carbocycles. The molecule has 0 fully saturated rings. The number of nitrogens with one attached hydrogen (secondary N) is 1. The van der Waals surface area contributed by atoms with Gasteiger partial charge in [0, 0.05) is 0 Å². The molecule has 0 bridgehead atoms. The summed E-state index contributed by atoms with van der Waals surface area (Å²) in [7, 11) is -3.52. The van der Waals surface area contributed by atoms with Gasteiger partial charge in [-0.15, -0.1) is 0 Å². The van der Waals surface area contributed by atoms with E-state index in [0.717, 1.165) is 24.7 Å². The number of hydrogen-bond acceptors (Lipinski definition) is 4. The van der Waals surface area contributed by atoms with E-state index in [1.54, 1.807) is 24.3 Å². The van der Waals surface area contributed by atoms with Crippen molar-refractivity contribution >= 4 is 21.6 Å². The number of hydrogen-bond donors (Lipinski definition) is 1. The molecule has 2 unspecified atom stereocenters. The van der Waals surface area contributed by atoms with Gasteiger partial charge in [-0.3, -0.25) is 9.10 Å². The third-order valence-electron chi connectivity index (χ3n) is 5.66. The van der Waals surface area contributed by atoms with Crippen LogP contribution in [0.5, 0.6) is 5.75 Å². The van der Waals surface area contributed by atoms with E-state index in [9.17, 15) is 13.2 Å². The molecule has 2 aliphatic rings. The monoisotopic (exact) mass is 414 g/mol. The number of sulfonamides is 1. The number of para-hydroxylation sites is 2. The molecule has 1 amide bonds. The number of aryl methyl sites for hydroxylation is 2. The Bertz CT molecular complexity index is 1030. The molecule has 1 N–H and O–H groups in total. The standard InChI is InChI=1S/C22H26N2O4S/c1-15(17-12-11-16-7-3-4-8-18(16)13-17)23-22(25)21-14-24(29(2,26)27)19-9-5-6-10-20(19)28-21/h5-6,9-13,15,21H,3-4,7-8,14H2,1-2H3,(H,23,25). The highest BCUT2D eigenvalue weighted by Crippen LogP contribution is 2.34. The Labute approximate surface area is 171 Å². The lowest BCUT2D eigenvalue weighted by atomic mass is 9.89. The van der Waals surface area contributed by atoms with Crippen molar-refractivity contribution in [1.82, 2.24) is 5.32 Å². The van der Waals surface area contributed by atoms with Crippen LogP contribution in [0.2, 0.25) is 0 Å². The lowest BCUT2D eigenvalue weighted by molar-refractivity contribution is -0.128. The first kappa shape index (κ1) is 19.8. The highest BCUT2D eigenvalue weighted by Gasteiger charge is 2.35. The number of anilines is 1. The van der Waals surface area contributed by atoms with Crippen molar-refractivity contribution in [2.24, 2.45) is 0 Å². The van der Waals surface area contributed by atoms with E-state index >= 15 is 0 Å². The Balaban J connectivity index is 1.51. The summed E-state index contributed by atoms with van der Waals surface area (Å²) in [5.41, 5.74) is 4.27. The number of amides is 1. The minimum Gasteiger partial charge on any atom is -0.476 e. The Morgan fingerprint density at radius 2 is 1.86 bits per heavy atom. The van der Waals surface area contributed by atoms with Crippen molar-refractivity contribution in [1.29, 1.82) is 0 Å². The summed E-state index contributed by atoms with van der Waals surface area (Å²) < 4.78 is 31.5. The molecule has 0 spiro atoms. The van der Waals surface area contributed by atoms with Gasteiger partial charge in [-0.1, -0.05) is 30.3 Å². The van der Waals surface area contributed by atoms with Gasteiger partial charge in [0.25, 0.3) is 5.91 Å². The maximum atomic E-state index is 12.9. The lowest BCUT2D eigenvalue weighted by Gasteiger charge is -2.34. The van der Waals surface area contributed by atoms with E-state index in [1.165, 1.54) is 28.3 Å². The van der Waals surface area contributed by atoms with E-state index < -0.39 is 16.1 Å². The predicted molar refractivity (Wildman–Crippen MR) is 113 cm³/mol. The minimum atomic E-state index is -3.52. The van der Waals surface area contributed by atoms with Gasteiger partial charge in [0.15, 0.2) is 6.10 Å². The summed E-state index contributed by atoms with van der Waals surface area (Å²) in [6.07, 6.45) is 4.87. The Morgan fingerprint density at radius 1 is 1.14 bits per heavy atom. The van der Waals surface area contributed by atoms with E-state index in [0.29, 0.717) is 11.4 Å². The van der Waals surface area contributed by atoms with E-state index in [4.69, 9.17) is 4.74 Å². The smallest absolute Gasteiger partial charge is 0.263 e. The fraction of sp³-hybridized carbons (Fsp3) is 0.409. The average Bonchev–Trinajstić information content (AvgIpc) is 2.71. The van der Waals surface area contributed by atoms with Gasteiger partial charge in [0.2, 0.25) is 10.0 Å². The van der Waals surface area contributed by atoms with Crippen LogP contribution in [-0.4, -0.2) is 33.2 Å². The number of carbonyl (C=O) groups excluding carboxylic acids is 1. The van der Waals surface area contributed by atoms with E-state index in [1.807, 2.05) is 6.92 Å². The molecule has 1 heterocycles. The first-order chi connectivity index (χ1) is 13.8. The zero-order chi connectivity index (χ0) is 20.6. The Kier molecular flexibility index (Phi) is 5.25. The van der Waals surface area contributed by atoms with Crippen molar-refractivity contribution in [3.63, 3.8) is 0 Å². The van der Waals surface area contributed by atoms with Crippen LogP contribution in [0.25, 0.3) is 0 Å². The summed E-state index contributed by atoms with van der Waals surface area (Å²) in [6, 6.07) is 13.1. The number of rotatable bonds is 4. The number of nitrogens with zero attached hydrogens (tertiary/aromatic N) is 1. The molecule has 7 heteroatoms. The van der Waals surface area contributed by atoms with Crippen LogP contribution in [0.4, 0.5) is 5.69 Å². The van der Waals surface area contributed by atoms with Gasteiger partial charge in [0.1, 0.15) is 5.75 Å². The number of ether oxygens (including phenoxy) is 1. The largest absolute Gasteiger partial charge is 0.476 e. The minimum absolute atomic E-state index is 0.0431. The van der Waals surface area contributed by atoms with E-state index in [-0.39, 0.29) is 18.5 Å². The molecule has 0 aromatic heterocycles. The molecule has 1 aliphatic carbocycles. The zero-order valence-corrected chi connectivity index (χ0v) is 17.5. The highest BCUT2D eigenvalue weighted by atomic mass is 32.2. The summed E-state index contributed by atoms with van der Waals surface area (Å²) in [5, 5.41) is 2.99. The third kappa shape index (κ3) is 4.10. The number of carbonyl (C=O) groups is 1. The van der Waals surface area contributed by atoms with Crippen LogP contribution in [0.1, 0.15) is 42.5 Å². The molecule has 0 saturated carbocycles. The predicted octanol–water partition coefficient (Wildman–Crippen LogP) is 2.97. The SMILES string of the molecule is CC(NC(=O)C1CN(S(C)(=O)=O)c2ccccc2O1)c1ccc2c(c1)CCCC2. The van der Waals surface area contributed by atoms with Gasteiger partial charge in [-0.25, -0.2) is 8.42 Å². The van der Waals surface area contributed by atoms with Crippen molar-refractivity contribution in [3.8, 4) is 5.75 Å². The van der Waals surface area contributed by atoms with Gasteiger partial charge >= 0.3 is 0 Å². The van der Waals surface area contributed by atoms with Gasteiger partial charge in [-0.2, -0.15) is 0 Å². The molecule has 29 heavy (non-hydrogen) atoms. The quantitative estimate of drug-likeness (QED) is 0.835. The maximum absolute atomic E-state index is 12.9. The Hall–Kier alpha value is -2.54. The van der Waals surface area contributed by atoms with Gasteiger partial charge in [0.05, 0.1) is 24.5 Å². The zero-order valence-electron chi connectivity index (χ0n) is 16.7. The van der Waals surface area contributed by atoms with Crippen molar-refractivity contribution < 1.29 is 17.9 Å². The molecule has 2 aromatic rings. The lowest BCUT2D eigenvalue weighted by Crippen LogP contribution is -2.50. The fourth-order valence-corrected chi connectivity index (χ4v) is 4.98. The normalized spacial score (nSPS) is 19.5. The number of fused-ring (bicyclic) bond motifs is 2. The number of benzene rings is 2. The van der Waals surface area contributed by atoms with Crippen molar-refractivity contribution in [2.75, 3.05) is 17.1 Å². The van der Waals surface area contributed by atoms with Crippen molar-refractivity contribution in [2.45, 2.75) is 44.8 Å². The van der Waals surface area contributed by atoms with Crippen LogP contribution in [0.3, 0.4) is 0 Å². The van der Waals surface area contributed by atoms with Crippen LogP contribution in [-0.2, 0) is 27.7 Å². The first-order valence-electron chi connectivity index (χ1n) is 9.98. The van der Waals surface area contributed by atoms with Crippen LogP contribution >= 0.6 is 0 Å². The summed E-state index contributed by atoms with van der Waals surface area (Å²) in [4.78, 5) is 12.9. The molecule has 2 atom stereocenters.